The maximum absolute atomic E-state index is 12.9. The number of benzene rings is 1. The molecular weight excluding hydrogens is 544 g/mol. The summed E-state index contributed by atoms with van der Waals surface area (Å²) in [6, 6.07) is 2.88. The van der Waals surface area contributed by atoms with Crippen LogP contribution in [-0.4, -0.2) is 21.9 Å². The lowest BCUT2D eigenvalue weighted by atomic mass is 9.61. The van der Waals surface area contributed by atoms with Crippen molar-refractivity contribution in [2.75, 3.05) is 0 Å². The Morgan fingerprint density at radius 1 is 1.00 bits per heavy atom. The van der Waals surface area contributed by atoms with E-state index in [0.717, 1.165) is 35.8 Å². The van der Waals surface area contributed by atoms with E-state index in [2.05, 4.69) is 65.5 Å². The highest BCUT2D eigenvalue weighted by atomic mass is 16.6. The number of carbonyl (C=O) groups is 1. The predicted molar refractivity (Wildman–Crippen MR) is 169 cm³/mol. The van der Waals surface area contributed by atoms with Crippen LogP contribution in [0, 0.1) is 55.2 Å². The molecule has 0 spiro atoms. The van der Waals surface area contributed by atoms with Crippen LogP contribution < -0.4 is 0 Å². The van der Waals surface area contributed by atoms with E-state index in [0.29, 0.717) is 48.9 Å². The molecule has 8 heteroatoms. The second-order valence-electron chi connectivity index (χ2n) is 13.5. The van der Waals surface area contributed by atoms with Gasteiger partial charge in [0.1, 0.15) is 6.10 Å². The van der Waals surface area contributed by atoms with Crippen molar-refractivity contribution in [2.45, 2.75) is 92.1 Å². The number of rotatable bonds is 9. The van der Waals surface area contributed by atoms with E-state index in [1.165, 1.54) is 31.3 Å². The number of esters is 1. The third-order valence-electron chi connectivity index (χ3n) is 10.4. The van der Waals surface area contributed by atoms with Crippen LogP contribution in [0.2, 0.25) is 0 Å². The van der Waals surface area contributed by atoms with Gasteiger partial charge >= 0.3 is 5.97 Å². The number of allylic oxidation sites excluding steroid dienone is 6. The van der Waals surface area contributed by atoms with E-state index in [1.807, 2.05) is 0 Å². The molecule has 1 aromatic carbocycles. The maximum atomic E-state index is 12.9. The molecule has 1 aromatic rings. The van der Waals surface area contributed by atoms with Crippen LogP contribution in [0.4, 0.5) is 11.4 Å². The average Bonchev–Trinajstić information content (AvgIpc) is 3.33. The van der Waals surface area contributed by atoms with E-state index in [9.17, 15) is 25.0 Å². The minimum absolute atomic E-state index is 0.196. The van der Waals surface area contributed by atoms with Crippen LogP contribution in [0.25, 0.3) is 0 Å². The third kappa shape index (κ3) is 7.34. The highest BCUT2D eigenvalue weighted by Gasteiger charge is 2.50. The summed E-state index contributed by atoms with van der Waals surface area (Å²) < 4.78 is 5.70. The molecule has 3 fully saturated rings. The fraction of sp³-hybridized carbons (Fsp3) is 0.571. The minimum atomic E-state index is -0.798. The van der Waals surface area contributed by atoms with Gasteiger partial charge in [0.15, 0.2) is 0 Å². The number of nitro groups is 2. The highest BCUT2D eigenvalue weighted by molar-refractivity contribution is 5.91. The van der Waals surface area contributed by atoms with E-state index < -0.39 is 33.3 Å². The quantitative estimate of drug-likeness (QED) is 0.123. The highest BCUT2D eigenvalue weighted by Crippen LogP contribution is 2.59. The smallest absolute Gasteiger partial charge is 0.338 e. The summed E-state index contributed by atoms with van der Waals surface area (Å²) in [5.41, 5.74) is 2.63. The fourth-order valence-corrected chi connectivity index (χ4v) is 7.47. The van der Waals surface area contributed by atoms with E-state index >= 15 is 0 Å². The second kappa shape index (κ2) is 13.4. The monoisotopic (exact) mass is 590 g/mol. The van der Waals surface area contributed by atoms with Crippen molar-refractivity contribution in [1.82, 2.24) is 0 Å². The van der Waals surface area contributed by atoms with Gasteiger partial charge in [-0.15, -0.1) is 0 Å². The molecule has 0 radical (unpaired) electrons. The number of hydrogen-bond acceptors (Lipinski definition) is 6. The molecule has 6 atom stereocenters. The molecule has 3 aliphatic carbocycles. The number of carbonyl (C=O) groups excluding carboxylic acids is 1. The molecule has 0 bridgehead atoms. The summed E-state index contributed by atoms with van der Waals surface area (Å²) in [6.07, 6.45) is 16.6. The topological polar surface area (TPSA) is 113 Å². The van der Waals surface area contributed by atoms with Crippen molar-refractivity contribution in [1.29, 1.82) is 0 Å². The molecule has 0 saturated heterocycles. The van der Waals surface area contributed by atoms with Crippen LogP contribution in [0.15, 0.2) is 65.8 Å². The summed E-state index contributed by atoms with van der Waals surface area (Å²) in [7, 11) is 0. The first kappa shape index (κ1) is 32.4. The van der Waals surface area contributed by atoms with Gasteiger partial charge in [-0.1, -0.05) is 76.6 Å². The van der Waals surface area contributed by atoms with Gasteiger partial charge in [-0.05, 0) is 85.5 Å². The first-order chi connectivity index (χ1) is 20.3. The average molecular weight is 591 g/mol. The number of fused-ring (bicyclic) bond motifs is 1. The van der Waals surface area contributed by atoms with Crippen LogP contribution in [0.1, 0.15) is 96.3 Å². The van der Waals surface area contributed by atoms with Crippen molar-refractivity contribution in [2.24, 2.45) is 35.0 Å². The molecule has 3 aliphatic rings. The minimum Gasteiger partial charge on any atom is -0.458 e. The molecule has 4 rings (SSSR count). The number of nitrogens with zero attached hydrogens (tertiary/aromatic N) is 2. The van der Waals surface area contributed by atoms with E-state index in [-0.39, 0.29) is 11.0 Å². The Kier molecular flexibility index (Phi) is 10.1. The molecule has 232 valence electrons. The SMILES string of the molecule is C=C1CCC(OC(=O)c2cc([N+](=O)[O-])cc([N+](=O)[O-])c2)CC1=CC=C1CCC[C@@]2(C)C1CCC2C(C)C=CC(C)C(C)C. The number of hydrogen-bond donors (Lipinski definition) is 0. The summed E-state index contributed by atoms with van der Waals surface area (Å²) in [5, 5.41) is 22.5. The zero-order valence-corrected chi connectivity index (χ0v) is 26.2. The third-order valence-corrected chi connectivity index (χ3v) is 10.4. The largest absolute Gasteiger partial charge is 0.458 e. The molecule has 0 heterocycles. The molecule has 0 aromatic heterocycles. The molecule has 43 heavy (non-hydrogen) atoms. The lowest BCUT2D eigenvalue weighted by Crippen LogP contribution is -2.35. The van der Waals surface area contributed by atoms with Gasteiger partial charge in [0, 0.05) is 18.6 Å². The van der Waals surface area contributed by atoms with Crippen molar-refractivity contribution >= 4 is 17.3 Å². The van der Waals surface area contributed by atoms with Gasteiger partial charge in [0.2, 0.25) is 0 Å². The van der Waals surface area contributed by atoms with Gasteiger partial charge in [-0.25, -0.2) is 4.79 Å². The van der Waals surface area contributed by atoms with Crippen LogP contribution >= 0.6 is 0 Å². The Balaban J connectivity index is 1.47. The lowest BCUT2D eigenvalue weighted by Gasteiger charge is -2.44. The van der Waals surface area contributed by atoms with Gasteiger partial charge in [0.05, 0.1) is 21.5 Å². The molecule has 8 nitrogen and oxygen atoms in total. The zero-order chi connectivity index (χ0) is 31.5. The number of non-ortho nitro benzene ring substituents is 2. The number of nitro benzene ring substituents is 2. The number of ether oxygens (including phenoxy) is 1. The Bertz CT molecular complexity index is 1330. The summed E-state index contributed by atoms with van der Waals surface area (Å²) in [6.45, 7) is 16.0. The fourth-order valence-electron chi connectivity index (χ4n) is 7.47. The maximum Gasteiger partial charge on any atom is 0.338 e. The normalized spacial score (nSPS) is 29.2. The second-order valence-corrected chi connectivity index (χ2v) is 13.5. The van der Waals surface area contributed by atoms with Gasteiger partial charge in [-0.3, -0.25) is 20.2 Å². The first-order valence-corrected chi connectivity index (χ1v) is 15.7. The van der Waals surface area contributed by atoms with E-state index in [4.69, 9.17) is 4.74 Å². The summed E-state index contributed by atoms with van der Waals surface area (Å²) in [4.78, 5) is 33.9. The summed E-state index contributed by atoms with van der Waals surface area (Å²) >= 11 is 0. The van der Waals surface area contributed by atoms with Crippen LogP contribution in [0.3, 0.4) is 0 Å². The van der Waals surface area contributed by atoms with Crippen molar-refractivity contribution < 1.29 is 19.4 Å². The Morgan fingerprint density at radius 2 is 1.67 bits per heavy atom. The Morgan fingerprint density at radius 3 is 2.30 bits per heavy atom. The van der Waals surface area contributed by atoms with Gasteiger partial charge in [-0.2, -0.15) is 0 Å². The van der Waals surface area contributed by atoms with Crippen molar-refractivity contribution in [3.8, 4) is 0 Å². The molecule has 0 aliphatic heterocycles. The zero-order valence-electron chi connectivity index (χ0n) is 26.2. The molecule has 5 unspecified atom stereocenters. The molecule has 3 saturated carbocycles. The first-order valence-electron chi connectivity index (χ1n) is 15.7. The Hall–Kier alpha value is -3.55. The van der Waals surface area contributed by atoms with Gasteiger partial charge in [0.25, 0.3) is 11.4 Å². The molecule has 0 amide bonds. The molecule has 0 N–H and O–H groups in total. The van der Waals surface area contributed by atoms with Crippen molar-refractivity contribution in [3.05, 3.63) is 91.6 Å². The summed E-state index contributed by atoms with van der Waals surface area (Å²) in [5.74, 6) is 2.21. The lowest BCUT2D eigenvalue weighted by molar-refractivity contribution is -0.394. The van der Waals surface area contributed by atoms with Crippen LogP contribution in [0.5, 0.6) is 0 Å². The Labute approximate surface area is 255 Å². The molecular formula is C35H46N2O6. The van der Waals surface area contributed by atoms with E-state index in [1.54, 1.807) is 0 Å². The predicted octanol–water partition coefficient (Wildman–Crippen LogP) is 9.32. The standard InChI is InChI=1S/C35H46N2O6/c1-22(2)23(3)9-10-25(5)32-15-16-33-26(8-7-17-35(32,33)6)12-13-27-20-31(14-11-24(27)4)43-34(38)28-18-29(36(39)40)21-30(19-28)37(41)42/h9-10,12-13,18-19,21-23,25,31-33H,4,7-8,11,14-17,20H2,1-3,5-6H3/t23?,25?,31?,32?,33?,35-/m1/s1. The van der Waals surface area contributed by atoms with Crippen LogP contribution in [-0.2, 0) is 4.74 Å². The van der Waals surface area contributed by atoms with Crippen molar-refractivity contribution in [3.63, 3.8) is 0 Å². The van der Waals surface area contributed by atoms with Gasteiger partial charge < -0.3 is 4.74 Å².